The van der Waals surface area contributed by atoms with Crippen LogP contribution in [0.15, 0.2) is 0 Å². The summed E-state index contributed by atoms with van der Waals surface area (Å²) in [4.78, 5) is 84.9. The van der Waals surface area contributed by atoms with Crippen molar-refractivity contribution in [2.45, 2.75) is 131 Å². The largest absolute Gasteiger partial charge is 0.481 e. The lowest BCUT2D eigenvalue weighted by molar-refractivity contribution is -0.163. The quantitative estimate of drug-likeness (QED) is 0.0856. The molecule has 19 nitrogen and oxygen atoms in total. The number of carboxylic acids is 1. The van der Waals surface area contributed by atoms with Crippen LogP contribution >= 0.6 is 0 Å². The lowest BCUT2D eigenvalue weighted by Gasteiger charge is -2.37. The van der Waals surface area contributed by atoms with Crippen molar-refractivity contribution < 1.29 is 67.0 Å². The minimum atomic E-state index is -0.925. The minimum absolute atomic E-state index is 0.00191. The standard InChI is InChI=1S/C44H81N5O14/c1-41(2,3)60-37(53)31-46-17-19-47(32-38(54)61-42(4,5)6)21-23-49(24-22-48(20-18-46)33-39(55)62-43(7,8)9)34(40(56)63-44(10,11)12)13-14-35(50)45-16-26-58-28-30-59-29-27-57-25-15-36(51)52/h34H,13-33H2,1-12H3,(H,45,50)(H,51,52). The van der Waals surface area contributed by atoms with Crippen molar-refractivity contribution in [3.05, 3.63) is 0 Å². The molecule has 0 aromatic heterocycles. The molecule has 0 bridgehead atoms. The van der Waals surface area contributed by atoms with E-state index < -0.39 is 58.3 Å². The lowest BCUT2D eigenvalue weighted by atomic mass is 10.1. The lowest BCUT2D eigenvalue weighted by Crippen LogP contribution is -2.53. The molecule has 0 aliphatic carbocycles. The molecule has 1 amide bonds. The van der Waals surface area contributed by atoms with Gasteiger partial charge in [0, 0.05) is 65.3 Å². The summed E-state index contributed by atoms with van der Waals surface area (Å²) in [5, 5.41) is 11.5. The fourth-order valence-electron chi connectivity index (χ4n) is 6.15. The molecule has 0 saturated carbocycles. The normalized spacial score (nSPS) is 16.6. The molecule has 0 radical (unpaired) electrons. The highest BCUT2D eigenvalue weighted by molar-refractivity contribution is 5.79. The second-order valence-corrected chi connectivity index (χ2v) is 19.5. The first-order valence-electron chi connectivity index (χ1n) is 22.1. The molecule has 1 saturated heterocycles. The van der Waals surface area contributed by atoms with Crippen LogP contribution in [0, 0.1) is 0 Å². The van der Waals surface area contributed by atoms with E-state index in [0.29, 0.717) is 72.2 Å². The number of ether oxygens (including phenoxy) is 7. The Morgan fingerprint density at radius 1 is 0.492 bits per heavy atom. The molecule has 1 fully saturated rings. The van der Waals surface area contributed by atoms with E-state index in [1.54, 1.807) is 83.1 Å². The summed E-state index contributed by atoms with van der Waals surface area (Å²) in [6.45, 7) is 26.0. The van der Waals surface area contributed by atoms with Crippen LogP contribution in [-0.4, -0.2) is 207 Å². The Labute approximate surface area is 376 Å². The van der Waals surface area contributed by atoms with E-state index in [9.17, 15) is 28.8 Å². The van der Waals surface area contributed by atoms with Gasteiger partial charge in [-0.15, -0.1) is 0 Å². The van der Waals surface area contributed by atoms with Gasteiger partial charge in [0.25, 0.3) is 0 Å². The van der Waals surface area contributed by atoms with Crippen LogP contribution in [0.4, 0.5) is 0 Å². The second kappa shape index (κ2) is 28.4. The van der Waals surface area contributed by atoms with E-state index in [1.807, 2.05) is 19.6 Å². The topological polar surface area (TPSA) is 212 Å². The number of hydrogen-bond donors (Lipinski definition) is 2. The maximum Gasteiger partial charge on any atom is 0.323 e. The molecule has 63 heavy (non-hydrogen) atoms. The van der Waals surface area contributed by atoms with Crippen LogP contribution in [0.25, 0.3) is 0 Å². The Balaban J connectivity index is 3.26. The zero-order chi connectivity index (χ0) is 47.9. The van der Waals surface area contributed by atoms with Gasteiger partial charge in [0.2, 0.25) is 5.91 Å². The van der Waals surface area contributed by atoms with Crippen LogP contribution in [-0.2, 0) is 61.9 Å². The van der Waals surface area contributed by atoms with Crippen LogP contribution in [0.3, 0.4) is 0 Å². The van der Waals surface area contributed by atoms with E-state index in [2.05, 4.69) is 5.32 Å². The predicted molar refractivity (Wildman–Crippen MR) is 235 cm³/mol. The van der Waals surface area contributed by atoms with Crippen molar-refractivity contribution in [2.24, 2.45) is 0 Å². The van der Waals surface area contributed by atoms with Crippen molar-refractivity contribution in [1.29, 1.82) is 0 Å². The highest BCUT2D eigenvalue weighted by atomic mass is 16.6. The summed E-state index contributed by atoms with van der Waals surface area (Å²) in [7, 11) is 0. The summed E-state index contributed by atoms with van der Waals surface area (Å²) in [5.74, 6) is -2.93. The van der Waals surface area contributed by atoms with Crippen molar-refractivity contribution in [2.75, 3.05) is 118 Å². The first kappa shape index (κ1) is 57.6. The second-order valence-electron chi connectivity index (χ2n) is 19.5. The van der Waals surface area contributed by atoms with Gasteiger partial charge in [-0.2, -0.15) is 0 Å². The van der Waals surface area contributed by atoms with Crippen LogP contribution in [0.5, 0.6) is 0 Å². The van der Waals surface area contributed by atoms with E-state index >= 15 is 0 Å². The number of aliphatic carboxylic acids is 1. The molecule has 0 aromatic rings. The molecular formula is C44H81N5O14. The first-order chi connectivity index (χ1) is 29.1. The third kappa shape index (κ3) is 31.9. The third-order valence-electron chi connectivity index (χ3n) is 8.73. The fraction of sp³-hybridized carbons (Fsp3) is 0.864. The van der Waals surface area contributed by atoms with E-state index in [4.69, 9.17) is 38.3 Å². The molecular weight excluding hydrogens is 823 g/mol. The van der Waals surface area contributed by atoms with E-state index in [0.717, 1.165) is 0 Å². The number of carbonyl (C=O) groups is 6. The maximum absolute atomic E-state index is 14.0. The van der Waals surface area contributed by atoms with Crippen LogP contribution < -0.4 is 5.32 Å². The van der Waals surface area contributed by atoms with Gasteiger partial charge in [0.1, 0.15) is 28.4 Å². The summed E-state index contributed by atoms with van der Waals surface area (Å²) < 4.78 is 39.1. The number of carbonyl (C=O) groups excluding carboxylic acids is 5. The summed E-state index contributed by atoms with van der Waals surface area (Å²) in [6.07, 6.45) is 0.0705. The van der Waals surface area contributed by atoms with Gasteiger partial charge in [-0.05, 0) is 89.5 Å². The number of rotatable bonds is 23. The average molecular weight is 904 g/mol. The predicted octanol–water partition coefficient (Wildman–Crippen LogP) is 2.36. The highest BCUT2D eigenvalue weighted by Crippen LogP contribution is 2.18. The van der Waals surface area contributed by atoms with Gasteiger partial charge in [-0.1, -0.05) is 0 Å². The molecule has 0 spiro atoms. The van der Waals surface area contributed by atoms with Gasteiger partial charge in [-0.3, -0.25) is 48.4 Å². The van der Waals surface area contributed by atoms with Gasteiger partial charge in [-0.25, -0.2) is 0 Å². The van der Waals surface area contributed by atoms with E-state index in [-0.39, 0.29) is 71.2 Å². The number of hydrogen-bond acceptors (Lipinski definition) is 17. The number of nitrogens with one attached hydrogen (secondary N) is 1. The van der Waals surface area contributed by atoms with Gasteiger partial charge in [0.15, 0.2) is 0 Å². The monoisotopic (exact) mass is 904 g/mol. The number of carboxylic acid groups (broad SMARTS) is 1. The molecule has 19 heteroatoms. The van der Waals surface area contributed by atoms with Gasteiger partial charge >= 0.3 is 29.8 Å². The Morgan fingerprint density at radius 2 is 0.841 bits per heavy atom. The zero-order valence-corrected chi connectivity index (χ0v) is 40.5. The van der Waals surface area contributed by atoms with Crippen molar-refractivity contribution >= 4 is 35.8 Å². The molecule has 1 heterocycles. The molecule has 1 aliphatic heterocycles. The van der Waals surface area contributed by atoms with Gasteiger partial charge in [0.05, 0.1) is 65.7 Å². The van der Waals surface area contributed by atoms with Crippen molar-refractivity contribution in [3.8, 4) is 0 Å². The van der Waals surface area contributed by atoms with Gasteiger partial charge < -0.3 is 43.6 Å². The minimum Gasteiger partial charge on any atom is -0.481 e. The average Bonchev–Trinajstić information content (AvgIpc) is 3.09. The van der Waals surface area contributed by atoms with Crippen LogP contribution in [0.1, 0.15) is 102 Å². The SMILES string of the molecule is CC(C)(C)OC(=O)CN1CCN(CC(=O)OC(C)(C)C)CCN(C(CCC(=O)NCCOCCOCCOCCC(=O)O)C(=O)OC(C)(C)C)CCN(CC(=O)OC(C)(C)C)CC1. The molecule has 1 unspecified atom stereocenters. The Bertz CT molecular complexity index is 1360. The highest BCUT2D eigenvalue weighted by Gasteiger charge is 2.33. The maximum atomic E-state index is 14.0. The smallest absolute Gasteiger partial charge is 0.323 e. The molecule has 1 rings (SSSR count). The first-order valence-corrected chi connectivity index (χ1v) is 22.1. The van der Waals surface area contributed by atoms with Crippen molar-refractivity contribution in [1.82, 2.24) is 24.9 Å². The molecule has 0 aromatic carbocycles. The Hall–Kier alpha value is -3.46. The summed E-state index contributed by atoms with van der Waals surface area (Å²) in [6, 6.07) is -0.852. The van der Waals surface area contributed by atoms with E-state index in [1.165, 1.54) is 0 Å². The number of esters is 4. The van der Waals surface area contributed by atoms with Crippen LogP contribution in [0.2, 0.25) is 0 Å². The number of nitrogens with zero attached hydrogens (tertiary/aromatic N) is 4. The third-order valence-corrected chi connectivity index (χ3v) is 8.73. The summed E-state index contributed by atoms with van der Waals surface area (Å²) >= 11 is 0. The summed E-state index contributed by atoms with van der Waals surface area (Å²) in [5.41, 5.74) is -2.91. The molecule has 2 N–H and O–H groups in total. The Morgan fingerprint density at radius 3 is 1.21 bits per heavy atom. The molecule has 366 valence electrons. The van der Waals surface area contributed by atoms with Crippen molar-refractivity contribution in [3.63, 3.8) is 0 Å². The Kier molecular flexibility index (Phi) is 26.0. The zero-order valence-electron chi connectivity index (χ0n) is 40.5. The number of amides is 1. The fourth-order valence-corrected chi connectivity index (χ4v) is 6.15. The molecule has 1 atom stereocenters. The molecule has 1 aliphatic rings.